The highest BCUT2D eigenvalue weighted by atomic mass is 32.2. The molecule has 18 heavy (non-hydrogen) atoms. The van der Waals surface area contributed by atoms with Gasteiger partial charge in [0.2, 0.25) is 5.82 Å². The van der Waals surface area contributed by atoms with Gasteiger partial charge in [0.1, 0.15) is 5.82 Å². The fraction of sp³-hybridized carbons (Fsp3) is 0.545. The van der Waals surface area contributed by atoms with Crippen LogP contribution in [0.1, 0.15) is 6.92 Å². The van der Waals surface area contributed by atoms with Crippen molar-refractivity contribution in [3.63, 3.8) is 0 Å². The fourth-order valence-electron chi connectivity index (χ4n) is 1.98. The first-order chi connectivity index (χ1) is 8.63. The average Bonchev–Trinajstić information content (AvgIpc) is 2.38. The van der Waals surface area contributed by atoms with Crippen LogP contribution in [0.5, 0.6) is 0 Å². The van der Waals surface area contributed by atoms with Crippen molar-refractivity contribution < 1.29 is 4.92 Å². The Labute approximate surface area is 110 Å². The molecule has 0 saturated carbocycles. The molecule has 6 nitrogen and oxygen atoms in total. The van der Waals surface area contributed by atoms with E-state index in [0.717, 1.165) is 18.1 Å². The minimum absolute atomic E-state index is 0.0766. The number of aromatic nitrogens is 1. The molecule has 1 aromatic rings. The molecule has 0 radical (unpaired) electrons. The number of hydrogen-bond acceptors (Lipinski definition) is 6. The molecule has 1 aromatic heterocycles. The Morgan fingerprint density at radius 3 is 3.00 bits per heavy atom. The van der Waals surface area contributed by atoms with Crippen molar-refractivity contribution in [1.29, 1.82) is 0 Å². The fourth-order valence-corrected chi connectivity index (χ4v) is 2.99. The monoisotopic (exact) mass is 268 g/mol. The Hall–Kier alpha value is -1.50. The van der Waals surface area contributed by atoms with E-state index in [-0.39, 0.29) is 16.7 Å². The van der Waals surface area contributed by atoms with Gasteiger partial charge in [-0.1, -0.05) is 0 Å². The molecule has 1 fully saturated rings. The predicted molar refractivity (Wildman–Crippen MR) is 74.6 cm³/mol. The van der Waals surface area contributed by atoms with Gasteiger partial charge in [-0.3, -0.25) is 10.1 Å². The summed E-state index contributed by atoms with van der Waals surface area (Å²) >= 11 is 1.87. The maximum absolute atomic E-state index is 11.1. The molecule has 2 rings (SSSR count). The molecule has 0 amide bonds. The minimum atomic E-state index is -0.365. The van der Waals surface area contributed by atoms with Gasteiger partial charge in [0.15, 0.2) is 0 Å². The van der Waals surface area contributed by atoms with E-state index in [1.54, 1.807) is 13.1 Å². The van der Waals surface area contributed by atoms with Gasteiger partial charge in [0.25, 0.3) is 0 Å². The number of anilines is 2. The number of rotatable bonds is 3. The summed E-state index contributed by atoms with van der Waals surface area (Å²) in [4.78, 5) is 17.1. The standard InChI is InChI=1S/C11H16N4O2S/c1-8-7-18-6-5-14(8)11-9(15(16)17)3-4-10(12-2)13-11/h3-4,8H,5-7H2,1-2H3,(H,12,13). The van der Waals surface area contributed by atoms with Gasteiger partial charge < -0.3 is 10.2 Å². The van der Waals surface area contributed by atoms with Crippen molar-refractivity contribution in [2.24, 2.45) is 0 Å². The van der Waals surface area contributed by atoms with Crippen LogP contribution in [0.2, 0.25) is 0 Å². The number of pyridine rings is 1. The van der Waals surface area contributed by atoms with Crippen molar-refractivity contribution in [3.8, 4) is 0 Å². The van der Waals surface area contributed by atoms with Crippen LogP contribution in [0.25, 0.3) is 0 Å². The van der Waals surface area contributed by atoms with Crippen LogP contribution in [-0.2, 0) is 0 Å². The maximum Gasteiger partial charge on any atom is 0.311 e. The van der Waals surface area contributed by atoms with Crippen LogP contribution in [0.3, 0.4) is 0 Å². The Bertz CT molecular complexity index is 455. The Balaban J connectivity index is 2.42. The van der Waals surface area contributed by atoms with Crippen molar-refractivity contribution in [1.82, 2.24) is 4.98 Å². The zero-order valence-corrected chi connectivity index (χ0v) is 11.2. The van der Waals surface area contributed by atoms with E-state index in [2.05, 4.69) is 17.2 Å². The molecule has 7 heteroatoms. The SMILES string of the molecule is CNc1ccc([N+](=O)[O-])c(N2CCSCC2C)n1. The summed E-state index contributed by atoms with van der Waals surface area (Å²) in [6.07, 6.45) is 0. The molecule has 1 N–H and O–H groups in total. The highest BCUT2D eigenvalue weighted by molar-refractivity contribution is 7.99. The summed E-state index contributed by atoms with van der Waals surface area (Å²) in [5.74, 6) is 3.08. The summed E-state index contributed by atoms with van der Waals surface area (Å²) in [5.41, 5.74) is 0.0766. The van der Waals surface area contributed by atoms with E-state index in [0.29, 0.717) is 11.6 Å². The number of nitrogens with zero attached hydrogens (tertiary/aromatic N) is 3. The van der Waals surface area contributed by atoms with E-state index in [1.165, 1.54) is 6.07 Å². The molecule has 98 valence electrons. The third-order valence-corrected chi connectivity index (χ3v) is 4.14. The summed E-state index contributed by atoms with van der Waals surface area (Å²) in [6, 6.07) is 3.41. The van der Waals surface area contributed by atoms with Crippen LogP contribution >= 0.6 is 11.8 Å². The van der Waals surface area contributed by atoms with Crippen LogP contribution in [0.4, 0.5) is 17.3 Å². The van der Waals surface area contributed by atoms with Gasteiger partial charge in [-0.15, -0.1) is 0 Å². The largest absolute Gasteiger partial charge is 0.373 e. The van der Waals surface area contributed by atoms with Gasteiger partial charge in [-0.05, 0) is 13.0 Å². The molecule has 0 spiro atoms. The second-order valence-electron chi connectivity index (χ2n) is 4.16. The van der Waals surface area contributed by atoms with E-state index >= 15 is 0 Å². The zero-order chi connectivity index (χ0) is 13.1. The molecule has 0 aliphatic carbocycles. The number of nitrogens with one attached hydrogen (secondary N) is 1. The minimum Gasteiger partial charge on any atom is -0.373 e. The first-order valence-corrected chi connectivity index (χ1v) is 6.96. The average molecular weight is 268 g/mol. The highest BCUT2D eigenvalue weighted by Gasteiger charge is 2.27. The van der Waals surface area contributed by atoms with Crippen molar-refractivity contribution in [2.75, 3.05) is 35.3 Å². The number of nitro groups is 1. The molecular formula is C11H16N4O2S. The van der Waals surface area contributed by atoms with Gasteiger partial charge in [0, 0.05) is 37.2 Å². The Morgan fingerprint density at radius 2 is 2.39 bits per heavy atom. The Kier molecular flexibility index (Phi) is 3.90. The third kappa shape index (κ3) is 2.50. The molecule has 1 saturated heterocycles. The lowest BCUT2D eigenvalue weighted by atomic mass is 10.2. The molecule has 1 atom stereocenters. The normalized spacial score (nSPS) is 19.7. The van der Waals surface area contributed by atoms with Crippen LogP contribution in [0, 0.1) is 10.1 Å². The van der Waals surface area contributed by atoms with Gasteiger partial charge in [-0.25, -0.2) is 4.98 Å². The number of hydrogen-bond donors (Lipinski definition) is 1. The molecule has 1 aliphatic heterocycles. The quantitative estimate of drug-likeness (QED) is 0.667. The van der Waals surface area contributed by atoms with Gasteiger partial charge in [-0.2, -0.15) is 11.8 Å². The maximum atomic E-state index is 11.1. The van der Waals surface area contributed by atoms with Crippen LogP contribution in [-0.4, -0.2) is 41.0 Å². The van der Waals surface area contributed by atoms with E-state index < -0.39 is 0 Å². The molecule has 2 heterocycles. The third-order valence-electron chi connectivity index (χ3n) is 2.95. The van der Waals surface area contributed by atoms with Gasteiger partial charge >= 0.3 is 5.69 Å². The highest BCUT2D eigenvalue weighted by Crippen LogP contribution is 2.31. The number of thioether (sulfide) groups is 1. The summed E-state index contributed by atoms with van der Waals surface area (Å²) in [7, 11) is 1.76. The summed E-state index contributed by atoms with van der Waals surface area (Å²) < 4.78 is 0. The second-order valence-corrected chi connectivity index (χ2v) is 5.31. The summed E-state index contributed by atoms with van der Waals surface area (Å²) in [6.45, 7) is 2.87. The topological polar surface area (TPSA) is 71.3 Å². The lowest BCUT2D eigenvalue weighted by molar-refractivity contribution is -0.384. The van der Waals surface area contributed by atoms with Gasteiger partial charge in [0.05, 0.1) is 4.92 Å². The molecule has 0 aromatic carbocycles. The van der Waals surface area contributed by atoms with Crippen LogP contribution in [0.15, 0.2) is 12.1 Å². The summed E-state index contributed by atoms with van der Waals surface area (Å²) in [5, 5.41) is 14.0. The molecular weight excluding hydrogens is 252 g/mol. The van der Waals surface area contributed by atoms with E-state index in [4.69, 9.17) is 0 Å². The lowest BCUT2D eigenvalue weighted by Gasteiger charge is -2.33. The Morgan fingerprint density at radius 1 is 1.61 bits per heavy atom. The second kappa shape index (κ2) is 5.43. The van der Waals surface area contributed by atoms with Crippen molar-refractivity contribution in [2.45, 2.75) is 13.0 Å². The predicted octanol–water partition coefficient (Wildman–Crippen LogP) is 1.97. The smallest absolute Gasteiger partial charge is 0.311 e. The van der Waals surface area contributed by atoms with Crippen molar-refractivity contribution >= 4 is 29.1 Å². The zero-order valence-electron chi connectivity index (χ0n) is 10.4. The van der Waals surface area contributed by atoms with Crippen molar-refractivity contribution in [3.05, 3.63) is 22.2 Å². The van der Waals surface area contributed by atoms with E-state index in [1.807, 2.05) is 16.7 Å². The lowest BCUT2D eigenvalue weighted by Crippen LogP contribution is -2.41. The van der Waals surface area contributed by atoms with E-state index in [9.17, 15) is 10.1 Å². The van der Waals surface area contributed by atoms with Crippen LogP contribution < -0.4 is 10.2 Å². The molecule has 0 bridgehead atoms. The first-order valence-electron chi connectivity index (χ1n) is 5.81. The molecule has 1 unspecified atom stereocenters. The molecule has 1 aliphatic rings. The first kappa shape index (κ1) is 12.9.